The number of likely N-dealkylation sites (N-methyl/N-ethyl adjacent to an activating group) is 1. The van der Waals surface area contributed by atoms with Crippen LogP contribution in [0.25, 0.3) is 10.8 Å². The Bertz CT molecular complexity index is 540. The van der Waals surface area contributed by atoms with Crippen molar-refractivity contribution >= 4 is 16.7 Å². The summed E-state index contributed by atoms with van der Waals surface area (Å²) >= 11 is 0. The van der Waals surface area contributed by atoms with Crippen LogP contribution in [-0.4, -0.2) is 29.1 Å². The summed E-state index contributed by atoms with van der Waals surface area (Å²) in [6, 6.07) is 7.29. The molecule has 0 unspecified atom stereocenters. The molecule has 1 aromatic heterocycles. The molecular weight excluding hydrogens is 216 g/mol. The van der Waals surface area contributed by atoms with Crippen LogP contribution in [0.2, 0.25) is 0 Å². The highest BCUT2D eigenvalue weighted by molar-refractivity contribution is 5.82. The van der Waals surface area contributed by atoms with Gasteiger partial charge in [-0.3, -0.25) is 9.78 Å². The normalized spacial score (nSPS) is 12.5. The Labute approximate surface area is 99.3 Å². The topological polar surface area (TPSA) is 62.2 Å². The quantitative estimate of drug-likeness (QED) is 0.834. The number of aliphatic carboxylic acids is 1. The van der Waals surface area contributed by atoms with Gasteiger partial charge in [-0.25, -0.2) is 0 Å². The number of carboxylic acid groups (broad SMARTS) is 1. The second-order valence-corrected chi connectivity index (χ2v) is 3.94. The predicted octanol–water partition coefficient (Wildman–Crippen LogP) is 1.45. The van der Waals surface area contributed by atoms with Crippen molar-refractivity contribution in [2.24, 2.45) is 0 Å². The predicted molar refractivity (Wildman–Crippen MR) is 65.9 cm³/mol. The van der Waals surface area contributed by atoms with E-state index in [1.54, 1.807) is 19.4 Å². The molecule has 0 amide bonds. The van der Waals surface area contributed by atoms with Gasteiger partial charge in [-0.05, 0) is 30.5 Å². The third-order valence-corrected chi connectivity index (χ3v) is 2.79. The van der Waals surface area contributed by atoms with Crippen molar-refractivity contribution in [1.82, 2.24) is 10.3 Å². The number of pyridine rings is 1. The van der Waals surface area contributed by atoms with Crippen LogP contribution < -0.4 is 5.32 Å². The first-order valence-electron chi connectivity index (χ1n) is 5.43. The summed E-state index contributed by atoms with van der Waals surface area (Å²) < 4.78 is 0. The number of hydrogen-bond donors (Lipinski definition) is 2. The number of fused-ring (bicyclic) bond motifs is 1. The zero-order valence-electron chi connectivity index (χ0n) is 9.55. The molecule has 0 spiro atoms. The van der Waals surface area contributed by atoms with Crippen LogP contribution in [-0.2, 0) is 11.2 Å². The Hall–Kier alpha value is -1.94. The van der Waals surface area contributed by atoms with Gasteiger partial charge in [0.25, 0.3) is 0 Å². The molecule has 1 aromatic carbocycles. The lowest BCUT2D eigenvalue weighted by atomic mass is 10.0. The standard InChI is InChI=1S/C13H14N2O2/c1-14-12(13(16)17)7-9-2-3-11-8-15-5-4-10(11)6-9/h2-6,8,12,14H,7H2,1H3,(H,16,17)/t12-/m0/s1. The van der Waals surface area contributed by atoms with Gasteiger partial charge in [-0.1, -0.05) is 18.2 Å². The fourth-order valence-corrected chi connectivity index (χ4v) is 1.81. The van der Waals surface area contributed by atoms with Crippen LogP contribution in [0.1, 0.15) is 5.56 Å². The lowest BCUT2D eigenvalue weighted by Gasteiger charge is -2.11. The Morgan fingerprint density at radius 1 is 1.41 bits per heavy atom. The molecular formula is C13H14N2O2. The molecule has 4 heteroatoms. The van der Waals surface area contributed by atoms with Gasteiger partial charge in [-0.15, -0.1) is 0 Å². The maximum atomic E-state index is 10.9. The molecule has 0 bridgehead atoms. The largest absolute Gasteiger partial charge is 0.480 e. The first-order chi connectivity index (χ1) is 8.20. The number of nitrogens with one attached hydrogen (secondary N) is 1. The first kappa shape index (κ1) is 11.5. The molecule has 0 aliphatic carbocycles. The zero-order valence-corrected chi connectivity index (χ0v) is 9.55. The number of aromatic nitrogens is 1. The van der Waals surface area contributed by atoms with Crippen molar-refractivity contribution in [2.45, 2.75) is 12.5 Å². The van der Waals surface area contributed by atoms with Crippen molar-refractivity contribution in [3.05, 3.63) is 42.2 Å². The summed E-state index contributed by atoms with van der Waals surface area (Å²) in [5.41, 5.74) is 1.01. The van der Waals surface area contributed by atoms with Crippen LogP contribution in [0.5, 0.6) is 0 Å². The van der Waals surface area contributed by atoms with Crippen molar-refractivity contribution in [1.29, 1.82) is 0 Å². The first-order valence-corrected chi connectivity index (χ1v) is 5.43. The Balaban J connectivity index is 2.27. The molecule has 0 aliphatic rings. The van der Waals surface area contributed by atoms with E-state index in [4.69, 9.17) is 5.11 Å². The zero-order chi connectivity index (χ0) is 12.3. The smallest absolute Gasteiger partial charge is 0.321 e. The van der Waals surface area contributed by atoms with E-state index in [-0.39, 0.29) is 0 Å². The maximum Gasteiger partial charge on any atom is 0.321 e. The lowest BCUT2D eigenvalue weighted by molar-refractivity contribution is -0.139. The highest BCUT2D eigenvalue weighted by atomic mass is 16.4. The second kappa shape index (κ2) is 4.93. The number of carboxylic acids is 1. The minimum Gasteiger partial charge on any atom is -0.480 e. The van der Waals surface area contributed by atoms with Gasteiger partial charge in [0.15, 0.2) is 0 Å². The summed E-state index contributed by atoms with van der Waals surface area (Å²) in [6.45, 7) is 0. The van der Waals surface area contributed by atoms with E-state index in [1.807, 2.05) is 24.3 Å². The number of benzene rings is 1. The van der Waals surface area contributed by atoms with Crippen molar-refractivity contribution in [3.8, 4) is 0 Å². The number of carbonyl (C=O) groups is 1. The van der Waals surface area contributed by atoms with Gasteiger partial charge in [0.2, 0.25) is 0 Å². The summed E-state index contributed by atoms with van der Waals surface area (Å²) in [5.74, 6) is -0.831. The van der Waals surface area contributed by atoms with E-state index in [1.165, 1.54) is 0 Å². The average molecular weight is 230 g/mol. The molecule has 0 saturated carbocycles. The highest BCUT2D eigenvalue weighted by Gasteiger charge is 2.15. The van der Waals surface area contributed by atoms with Crippen LogP contribution in [0.3, 0.4) is 0 Å². The van der Waals surface area contributed by atoms with E-state index in [2.05, 4.69) is 10.3 Å². The SMILES string of the molecule is CN[C@@H](Cc1ccc2cnccc2c1)C(=O)O. The summed E-state index contributed by atoms with van der Waals surface area (Å²) in [6.07, 6.45) is 4.01. The van der Waals surface area contributed by atoms with E-state index < -0.39 is 12.0 Å². The molecule has 1 heterocycles. The molecule has 0 radical (unpaired) electrons. The molecule has 2 N–H and O–H groups in total. The molecule has 17 heavy (non-hydrogen) atoms. The van der Waals surface area contributed by atoms with Gasteiger partial charge in [0.05, 0.1) is 0 Å². The van der Waals surface area contributed by atoms with Crippen molar-refractivity contribution in [2.75, 3.05) is 7.05 Å². The Morgan fingerprint density at radius 3 is 2.94 bits per heavy atom. The third kappa shape index (κ3) is 2.60. The van der Waals surface area contributed by atoms with Gasteiger partial charge < -0.3 is 10.4 Å². The molecule has 0 saturated heterocycles. The van der Waals surface area contributed by atoms with Crippen LogP contribution >= 0.6 is 0 Å². The Kier molecular flexibility index (Phi) is 3.35. The molecule has 1 atom stereocenters. The molecule has 88 valence electrons. The number of nitrogens with zero attached hydrogens (tertiary/aromatic N) is 1. The Morgan fingerprint density at radius 2 is 2.24 bits per heavy atom. The molecule has 4 nitrogen and oxygen atoms in total. The second-order valence-electron chi connectivity index (χ2n) is 3.94. The minimum atomic E-state index is -0.831. The molecule has 0 fully saturated rings. The van der Waals surface area contributed by atoms with Crippen LogP contribution in [0.4, 0.5) is 0 Å². The van der Waals surface area contributed by atoms with Gasteiger partial charge >= 0.3 is 5.97 Å². The summed E-state index contributed by atoms with van der Waals surface area (Å²) in [7, 11) is 1.66. The van der Waals surface area contributed by atoms with E-state index >= 15 is 0 Å². The molecule has 0 aliphatic heterocycles. The number of rotatable bonds is 4. The number of hydrogen-bond acceptors (Lipinski definition) is 3. The highest BCUT2D eigenvalue weighted by Crippen LogP contribution is 2.15. The van der Waals surface area contributed by atoms with Crippen LogP contribution in [0.15, 0.2) is 36.7 Å². The molecule has 2 rings (SSSR count). The van der Waals surface area contributed by atoms with Crippen molar-refractivity contribution < 1.29 is 9.90 Å². The summed E-state index contributed by atoms with van der Waals surface area (Å²) in [4.78, 5) is 15.0. The molecule has 2 aromatic rings. The minimum absolute atomic E-state index is 0.476. The van der Waals surface area contributed by atoms with Gasteiger partial charge in [-0.2, -0.15) is 0 Å². The van der Waals surface area contributed by atoms with Crippen LogP contribution in [0, 0.1) is 0 Å². The average Bonchev–Trinajstić information content (AvgIpc) is 2.35. The third-order valence-electron chi connectivity index (χ3n) is 2.79. The fourth-order valence-electron chi connectivity index (χ4n) is 1.81. The van der Waals surface area contributed by atoms with E-state index in [0.717, 1.165) is 16.3 Å². The monoisotopic (exact) mass is 230 g/mol. The van der Waals surface area contributed by atoms with E-state index in [9.17, 15) is 4.79 Å². The maximum absolute atomic E-state index is 10.9. The van der Waals surface area contributed by atoms with Gasteiger partial charge in [0.1, 0.15) is 6.04 Å². The van der Waals surface area contributed by atoms with Gasteiger partial charge in [0, 0.05) is 17.8 Å². The van der Waals surface area contributed by atoms with E-state index in [0.29, 0.717) is 6.42 Å². The lowest BCUT2D eigenvalue weighted by Crippen LogP contribution is -2.35. The fraction of sp³-hybridized carbons (Fsp3) is 0.231. The summed E-state index contributed by atoms with van der Waals surface area (Å²) in [5, 5.41) is 13.9. The van der Waals surface area contributed by atoms with Crippen molar-refractivity contribution in [3.63, 3.8) is 0 Å².